The maximum Gasteiger partial charge on any atom is 0.292 e. The molecule has 136 valence electrons. The second-order valence-electron chi connectivity index (χ2n) is 6.32. The first-order valence-electron chi connectivity index (χ1n) is 8.41. The Morgan fingerprint density at radius 3 is 3.07 bits per heavy atom. The molecule has 0 aliphatic carbocycles. The number of hydrogen-bond acceptors (Lipinski definition) is 6. The summed E-state index contributed by atoms with van der Waals surface area (Å²) in [6.45, 7) is 2.19. The Bertz CT molecular complexity index is 1160. The number of rotatable bonds is 2. The van der Waals surface area contributed by atoms with Crippen LogP contribution in [-0.4, -0.2) is 37.3 Å². The average molecular weight is 383 g/mol. The Kier molecular flexibility index (Phi) is 3.57. The van der Waals surface area contributed by atoms with Crippen LogP contribution in [-0.2, 0) is 6.42 Å². The van der Waals surface area contributed by atoms with Gasteiger partial charge in [-0.15, -0.1) is 11.3 Å². The second kappa shape index (κ2) is 5.98. The summed E-state index contributed by atoms with van der Waals surface area (Å²) in [5.41, 5.74) is 2.52. The fourth-order valence-corrected chi connectivity index (χ4v) is 4.53. The number of para-hydroxylation sites is 1. The molecule has 1 aliphatic heterocycles. The summed E-state index contributed by atoms with van der Waals surface area (Å²) in [6, 6.07) is 4.35. The first-order chi connectivity index (χ1) is 13.1. The number of thiazole rings is 1. The summed E-state index contributed by atoms with van der Waals surface area (Å²) in [5.74, 6) is -0.452. The molecule has 3 aromatic heterocycles. The molecule has 4 aromatic rings. The lowest BCUT2D eigenvalue weighted by atomic mass is 10.0. The number of halogens is 1. The Labute approximate surface area is 156 Å². The van der Waals surface area contributed by atoms with Gasteiger partial charge in [0, 0.05) is 18.7 Å². The smallest absolute Gasteiger partial charge is 0.292 e. The van der Waals surface area contributed by atoms with Crippen molar-refractivity contribution in [1.82, 2.24) is 24.8 Å². The summed E-state index contributed by atoms with van der Waals surface area (Å²) in [5, 5.41) is 0.619. The Hall–Kier alpha value is -3.07. The van der Waals surface area contributed by atoms with Crippen molar-refractivity contribution in [2.45, 2.75) is 19.4 Å². The third-order valence-electron chi connectivity index (χ3n) is 4.75. The number of aromatic amines is 1. The van der Waals surface area contributed by atoms with Gasteiger partial charge < -0.3 is 14.3 Å². The van der Waals surface area contributed by atoms with Crippen LogP contribution in [0.15, 0.2) is 35.3 Å². The van der Waals surface area contributed by atoms with E-state index in [9.17, 15) is 9.18 Å². The number of fused-ring (bicyclic) bond motifs is 2. The first-order valence-corrected chi connectivity index (χ1v) is 9.23. The number of H-pyrrole nitrogens is 1. The first kappa shape index (κ1) is 16.1. The predicted octanol–water partition coefficient (Wildman–Crippen LogP) is 3.24. The van der Waals surface area contributed by atoms with E-state index >= 15 is 0 Å². The standard InChI is InChI=1S/C18H14FN5O2S/c1-9-16(26-8-22-9)18(25)24-6-5-11-14(21-7-20-11)15(24)17-23-13-10(19)3-2-4-12(13)27-17/h2-4,7-8,15H,5-6H2,1H3,(H,20,21)/t15-/m0/s1. The number of benzene rings is 1. The van der Waals surface area contributed by atoms with Crippen molar-refractivity contribution in [2.24, 2.45) is 0 Å². The molecule has 1 aromatic carbocycles. The van der Waals surface area contributed by atoms with Crippen LogP contribution in [0.25, 0.3) is 10.2 Å². The number of imidazole rings is 1. The molecule has 0 unspecified atom stereocenters. The quantitative estimate of drug-likeness (QED) is 0.574. The van der Waals surface area contributed by atoms with Crippen molar-refractivity contribution in [3.8, 4) is 0 Å². The minimum atomic E-state index is -0.506. The van der Waals surface area contributed by atoms with Gasteiger partial charge in [-0.1, -0.05) is 6.07 Å². The summed E-state index contributed by atoms with van der Waals surface area (Å²) in [4.78, 5) is 30.9. The largest absolute Gasteiger partial charge is 0.438 e. The molecule has 1 aliphatic rings. The number of amides is 1. The molecule has 0 spiro atoms. The van der Waals surface area contributed by atoms with Crippen LogP contribution < -0.4 is 0 Å². The molecule has 27 heavy (non-hydrogen) atoms. The van der Waals surface area contributed by atoms with Gasteiger partial charge in [0.15, 0.2) is 6.39 Å². The molecule has 0 fully saturated rings. The fourth-order valence-electron chi connectivity index (χ4n) is 3.43. The van der Waals surface area contributed by atoms with Crippen LogP contribution in [0.5, 0.6) is 0 Å². The molecule has 5 rings (SSSR count). The molecule has 4 heterocycles. The maximum atomic E-state index is 14.2. The molecule has 0 saturated heterocycles. The van der Waals surface area contributed by atoms with Gasteiger partial charge in [0.2, 0.25) is 5.76 Å². The summed E-state index contributed by atoms with van der Waals surface area (Å²) in [7, 11) is 0. The normalized spacial score (nSPS) is 16.7. The Balaban J connectivity index is 1.66. The molecular weight excluding hydrogens is 369 g/mol. The van der Waals surface area contributed by atoms with E-state index < -0.39 is 6.04 Å². The molecular formula is C18H14FN5O2S. The molecule has 1 amide bonds. The van der Waals surface area contributed by atoms with Crippen LogP contribution in [0, 0.1) is 12.7 Å². The number of nitrogens with zero attached hydrogens (tertiary/aromatic N) is 4. The lowest BCUT2D eigenvalue weighted by molar-refractivity contribution is 0.0657. The SMILES string of the molecule is Cc1ncoc1C(=O)N1CCc2[nH]cnc2[C@H]1c1nc2c(F)cccc2s1. The number of aromatic nitrogens is 4. The highest BCUT2D eigenvalue weighted by atomic mass is 32.1. The van der Waals surface area contributed by atoms with Crippen LogP contribution in [0.3, 0.4) is 0 Å². The summed E-state index contributed by atoms with van der Waals surface area (Å²) in [6.07, 6.45) is 3.51. The third kappa shape index (κ3) is 2.46. The molecule has 0 radical (unpaired) electrons. The number of oxazole rings is 1. The zero-order chi connectivity index (χ0) is 18.5. The van der Waals surface area contributed by atoms with Gasteiger partial charge in [0.05, 0.1) is 22.4 Å². The van der Waals surface area contributed by atoms with Crippen LogP contribution in [0.1, 0.15) is 38.7 Å². The van der Waals surface area contributed by atoms with Crippen LogP contribution in [0.4, 0.5) is 4.39 Å². The van der Waals surface area contributed by atoms with E-state index in [1.54, 1.807) is 24.2 Å². The zero-order valence-electron chi connectivity index (χ0n) is 14.3. The number of nitrogens with one attached hydrogen (secondary N) is 1. The highest BCUT2D eigenvalue weighted by Gasteiger charge is 2.38. The van der Waals surface area contributed by atoms with Crippen molar-refractivity contribution in [1.29, 1.82) is 0 Å². The highest BCUT2D eigenvalue weighted by molar-refractivity contribution is 7.18. The number of carbonyl (C=O) groups is 1. The third-order valence-corrected chi connectivity index (χ3v) is 5.82. The number of hydrogen-bond donors (Lipinski definition) is 1. The van der Waals surface area contributed by atoms with Crippen LogP contribution >= 0.6 is 11.3 Å². The topological polar surface area (TPSA) is 87.9 Å². The van der Waals surface area contributed by atoms with Gasteiger partial charge in [-0.2, -0.15) is 0 Å². The van der Waals surface area contributed by atoms with Gasteiger partial charge in [0.1, 0.15) is 22.4 Å². The van der Waals surface area contributed by atoms with Crippen molar-refractivity contribution in [3.05, 3.63) is 64.6 Å². The van der Waals surface area contributed by atoms with Gasteiger partial charge in [-0.25, -0.2) is 19.3 Å². The lowest BCUT2D eigenvalue weighted by Crippen LogP contribution is -2.40. The van der Waals surface area contributed by atoms with Gasteiger partial charge in [-0.3, -0.25) is 4.79 Å². The molecule has 0 saturated carbocycles. The highest BCUT2D eigenvalue weighted by Crippen LogP contribution is 2.38. The van der Waals surface area contributed by atoms with Gasteiger partial charge in [0.25, 0.3) is 5.91 Å². The second-order valence-corrected chi connectivity index (χ2v) is 7.39. The lowest BCUT2D eigenvalue weighted by Gasteiger charge is -2.33. The van der Waals surface area contributed by atoms with Crippen molar-refractivity contribution in [3.63, 3.8) is 0 Å². The fraction of sp³-hybridized carbons (Fsp3) is 0.222. The maximum absolute atomic E-state index is 14.2. The van der Waals surface area contributed by atoms with Crippen molar-refractivity contribution in [2.75, 3.05) is 6.54 Å². The molecule has 9 heteroatoms. The van der Waals surface area contributed by atoms with E-state index in [1.807, 2.05) is 6.07 Å². The molecule has 1 atom stereocenters. The molecule has 0 bridgehead atoms. The number of aryl methyl sites for hydroxylation is 1. The summed E-state index contributed by atoms with van der Waals surface area (Å²) >= 11 is 1.36. The van der Waals surface area contributed by atoms with Crippen molar-refractivity contribution >= 4 is 27.5 Å². The average Bonchev–Trinajstić information content (AvgIpc) is 3.39. The van der Waals surface area contributed by atoms with Gasteiger partial charge in [-0.05, 0) is 19.1 Å². The Morgan fingerprint density at radius 2 is 2.30 bits per heavy atom. The minimum absolute atomic E-state index is 0.200. The van der Waals surface area contributed by atoms with E-state index in [2.05, 4.69) is 19.9 Å². The van der Waals surface area contributed by atoms with Gasteiger partial charge >= 0.3 is 0 Å². The Morgan fingerprint density at radius 1 is 1.41 bits per heavy atom. The monoisotopic (exact) mass is 383 g/mol. The van der Waals surface area contributed by atoms with Crippen LogP contribution in [0.2, 0.25) is 0 Å². The van der Waals surface area contributed by atoms with E-state index in [0.717, 1.165) is 16.1 Å². The molecule has 1 N–H and O–H groups in total. The minimum Gasteiger partial charge on any atom is -0.438 e. The number of carbonyl (C=O) groups excluding carboxylic acids is 1. The van der Waals surface area contributed by atoms with E-state index in [1.165, 1.54) is 23.8 Å². The summed E-state index contributed by atoms with van der Waals surface area (Å²) < 4.78 is 20.2. The van der Waals surface area contributed by atoms with Crippen molar-refractivity contribution < 1.29 is 13.6 Å². The van der Waals surface area contributed by atoms with E-state index in [4.69, 9.17) is 4.42 Å². The van der Waals surface area contributed by atoms with E-state index in [-0.39, 0.29) is 17.5 Å². The zero-order valence-corrected chi connectivity index (χ0v) is 15.1. The molecule has 7 nitrogen and oxygen atoms in total. The predicted molar refractivity (Wildman–Crippen MR) is 96.0 cm³/mol. The van der Waals surface area contributed by atoms with E-state index in [0.29, 0.717) is 29.2 Å².